The average molecular weight is 563 g/mol. The maximum Gasteiger partial charge on any atom is 0.306 e. The van der Waals surface area contributed by atoms with Crippen molar-refractivity contribution in [1.82, 2.24) is 9.80 Å². The van der Waals surface area contributed by atoms with E-state index >= 15 is 0 Å². The van der Waals surface area contributed by atoms with Crippen LogP contribution in [-0.4, -0.2) is 55.8 Å². The van der Waals surface area contributed by atoms with Crippen molar-refractivity contribution in [2.75, 3.05) is 32.4 Å². The van der Waals surface area contributed by atoms with Gasteiger partial charge in [-0.1, -0.05) is 60.7 Å². The number of phenols is 1. The van der Waals surface area contributed by atoms with Crippen LogP contribution in [0.15, 0.2) is 72.8 Å². The summed E-state index contributed by atoms with van der Waals surface area (Å²) in [6, 6.07) is 25.1. The number of phenolic OH excluding ortho intramolecular Hbond substituents is 1. The van der Waals surface area contributed by atoms with E-state index < -0.39 is 10.1 Å². The summed E-state index contributed by atoms with van der Waals surface area (Å²) in [6.07, 6.45) is 7.75. The van der Waals surface area contributed by atoms with Gasteiger partial charge in [0, 0.05) is 18.7 Å². The third-order valence-corrected chi connectivity index (χ3v) is 8.86. The van der Waals surface area contributed by atoms with Crippen molar-refractivity contribution in [3.63, 3.8) is 0 Å². The van der Waals surface area contributed by atoms with Crippen LogP contribution < -0.4 is 4.18 Å². The van der Waals surface area contributed by atoms with E-state index in [-0.39, 0.29) is 11.5 Å². The van der Waals surface area contributed by atoms with E-state index in [0.717, 1.165) is 88.6 Å². The fourth-order valence-corrected chi connectivity index (χ4v) is 6.78. The molecule has 0 aliphatic carbocycles. The van der Waals surface area contributed by atoms with Crippen molar-refractivity contribution in [2.24, 2.45) is 11.8 Å². The minimum atomic E-state index is -3.77. The van der Waals surface area contributed by atoms with Crippen molar-refractivity contribution < 1.29 is 17.7 Å². The molecule has 2 aliphatic rings. The SMILES string of the molecule is CS(=O)(=O)Oc1c(O)cc(CN2CCC(Cc3ccccc3)CC2)cc1CN1CCC(Cc2ccccc2)CC1. The molecule has 0 atom stereocenters. The normalized spacial score (nSPS) is 18.1. The fourth-order valence-electron chi connectivity index (χ4n) is 6.28. The first-order valence-electron chi connectivity index (χ1n) is 14.6. The number of hydrogen-bond acceptors (Lipinski definition) is 6. The third-order valence-electron chi connectivity index (χ3n) is 8.39. The zero-order chi connectivity index (χ0) is 28.0. The molecule has 3 aromatic carbocycles. The monoisotopic (exact) mass is 562 g/mol. The van der Waals surface area contributed by atoms with Crippen molar-refractivity contribution >= 4 is 10.1 Å². The average Bonchev–Trinajstić information content (AvgIpc) is 2.93. The lowest BCUT2D eigenvalue weighted by Crippen LogP contribution is -2.34. The van der Waals surface area contributed by atoms with Crippen LogP contribution in [0.5, 0.6) is 11.5 Å². The van der Waals surface area contributed by atoms with Gasteiger partial charge >= 0.3 is 10.1 Å². The molecule has 6 nitrogen and oxygen atoms in total. The predicted molar refractivity (Wildman–Crippen MR) is 160 cm³/mol. The summed E-state index contributed by atoms with van der Waals surface area (Å²) < 4.78 is 29.3. The van der Waals surface area contributed by atoms with Crippen molar-refractivity contribution in [2.45, 2.75) is 51.6 Å². The molecule has 2 heterocycles. The van der Waals surface area contributed by atoms with Gasteiger partial charge in [-0.15, -0.1) is 0 Å². The third kappa shape index (κ3) is 8.32. The molecule has 2 fully saturated rings. The first-order valence-corrected chi connectivity index (χ1v) is 16.4. The van der Waals surface area contributed by atoms with Crippen LogP contribution in [0.4, 0.5) is 0 Å². The minimum Gasteiger partial charge on any atom is -0.504 e. The van der Waals surface area contributed by atoms with Gasteiger partial charge in [-0.2, -0.15) is 8.42 Å². The second kappa shape index (κ2) is 13.2. The van der Waals surface area contributed by atoms with Gasteiger partial charge in [-0.3, -0.25) is 9.80 Å². The summed E-state index contributed by atoms with van der Waals surface area (Å²) in [5.74, 6) is 1.31. The van der Waals surface area contributed by atoms with Crippen molar-refractivity contribution in [3.8, 4) is 11.5 Å². The summed E-state index contributed by atoms with van der Waals surface area (Å²) in [4.78, 5) is 4.79. The molecule has 2 aliphatic heterocycles. The Kier molecular flexibility index (Phi) is 9.45. The minimum absolute atomic E-state index is 0.0687. The van der Waals surface area contributed by atoms with Crippen LogP contribution in [0.2, 0.25) is 0 Å². The molecule has 0 saturated carbocycles. The molecule has 0 radical (unpaired) electrons. The van der Waals surface area contributed by atoms with E-state index in [1.54, 1.807) is 6.07 Å². The van der Waals surface area contributed by atoms with E-state index in [4.69, 9.17) is 4.18 Å². The highest BCUT2D eigenvalue weighted by atomic mass is 32.2. The fraction of sp³-hybridized carbons (Fsp3) is 0.455. The van der Waals surface area contributed by atoms with E-state index in [9.17, 15) is 13.5 Å². The lowest BCUT2D eigenvalue weighted by Gasteiger charge is -2.33. The Morgan fingerprint density at radius 2 is 1.20 bits per heavy atom. The highest BCUT2D eigenvalue weighted by Crippen LogP contribution is 2.36. The molecule has 0 unspecified atom stereocenters. The Bertz CT molecular complexity index is 1330. The topological polar surface area (TPSA) is 70.1 Å². The van der Waals surface area contributed by atoms with Gasteiger partial charge in [0.2, 0.25) is 0 Å². The first kappa shape index (κ1) is 28.7. The molecule has 0 amide bonds. The lowest BCUT2D eigenvalue weighted by atomic mass is 9.90. The van der Waals surface area contributed by atoms with E-state index in [0.29, 0.717) is 18.4 Å². The van der Waals surface area contributed by atoms with Crippen LogP contribution in [0.25, 0.3) is 0 Å². The maximum absolute atomic E-state index is 12.0. The summed E-state index contributed by atoms with van der Waals surface area (Å²) in [6.45, 7) is 5.21. The number of piperidine rings is 2. The standard InChI is InChI=1S/C33H42N2O4S/c1-40(37,38)39-33-31(25-35-18-14-29(15-19-35)21-27-10-6-3-7-11-27)22-30(23-32(33)36)24-34-16-12-28(13-17-34)20-26-8-4-2-5-9-26/h2-11,22-23,28-29,36H,12-21,24-25H2,1H3. The van der Waals surface area contributed by atoms with Crippen LogP contribution >= 0.6 is 0 Å². The Balaban J connectivity index is 1.21. The van der Waals surface area contributed by atoms with Crippen LogP contribution in [0.3, 0.4) is 0 Å². The second-order valence-electron chi connectivity index (χ2n) is 11.7. The molecule has 3 aromatic rings. The molecule has 7 heteroatoms. The van der Waals surface area contributed by atoms with E-state index in [1.807, 2.05) is 6.07 Å². The van der Waals surface area contributed by atoms with Gasteiger partial charge in [0.05, 0.1) is 6.26 Å². The van der Waals surface area contributed by atoms with Gasteiger partial charge in [0.1, 0.15) is 0 Å². The highest BCUT2D eigenvalue weighted by molar-refractivity contribution is 7.86. The highest BCUT2D eigenvalue weighted by Gasteiger charge is 2.25. The number of nitrogens with zero attached hydrogens (tertiary/aromatic N) is 2. The molecule has 5 rings (SSSR count). The first-order chi connectivity index (χ1) is 19.3. The van der Waals surface area contributed by atoms with Gasteiger partial charge in [0.15, 0.2) is 11.5 Å². The summed E-state index contributed by atoms with van der Waals surface area (Å²) in [7, 11) is -3.77. The second-order valence-corrected chi connectivity index (χ2v) is 13.3. The van der Waals surface area contributed by atoms with Crippen LogP contribution in [-0.2, 0) is 36.0 Å². The quantitative estimate of drug-likeness (QED) is 0.323. The smallest absolute Gasteiger partial charge is 0.306 e. The van der Waals surface area contributed by atoms with Gasteiger partial charge in [-0.05, 0) is 105 Å². The van der Waals surface area contributed by atoms with Gasteiger partial charge < -0.3 is 9.29 Å². The summed E-state index contributed by atoms with van der Waals surface area (Å²) >= 11 is 0. The summed E-state index contributed by atoms with van der Waals surface area (Å²) in [5.41, 5.74) is 4.52. The number of likely N-dealkylation sites (tertiary alicyclic amines) is 2. The molecule has 2 saturated heterocycles. The molecule has 214 valence electrons. The number of rotatable bonds is 10. The van der Waals surface area contributed by atoms with Gasteiger partial charge in [-0.25, -0.2) is 0 Å². The largest absolute Gasteiger partial charge is 0.504 e. The van der Waals surface area contributed by atoms with E-state index in [1.165, 1.54) is 11.1 Å². The maximum atomic E-state index is 12.0. The molecule has 1 N–H and O–H groups in total. The molecular weight excluding hydrogens is 520 g/mol. The molecule has 0 bridgehead atoms. The molecule has 0 spiro atoms. The van der Waals surface area contributed by atoms with E-state index in [2.05, 4.69) is 70.5 Å². The lowest BCUT2D eigenvalue weighted by molar-refractivity contribution is 0.173. The molecule has 40 heavy (non-hydrogen) atoms. The molecule has 0 aromatic heterocycles. The number of aromatic hydroxyl groups is 1. The number of benzene rings is 3. The Labute approximate surface area is 239 Å². The Hall–Kier alpha value is -2.87. The van der Waals surface area contributed by atoms with Gasteiger partial charge in [0.25, 0.3) is 0 Å². The van der Waals surface area contributed by atoms with Crippen LogP contribution in [0.1, 0.15) is 47.9 Å². The predicted octanol–water partition coefficient (Wildman–Crippen LogP) is 5.64. The molecular formula is C33H42N2O4S. The summed E-state index contributed by atoms with van der Waals surface area (Å²) in [5, 5.41) is 10.9. The Morgan fingerprint density at radius 1 is 0.725 bits per heavy atom. The Morgan fingerprint density at radius 3 is 1.68 bits per heavy atom. The van der Waals surface area contributed by atoms with Crippen molar-refractivity contribution in [1.29, 1.82) is 0 Å². The number of hydrogen-bond donors (Lipinski definition) is 1. The van der Waals surface area contributed by atoms with Crippen molar-refractivity contribution in [3.05, 3.63) is 95.1 Å². The zero-order valence-electron chi connectivity index (χ0n) is 23.5. The van der Waals surface area contributed by atoms with Crippen LogP contribution in [0, 0.1) is 11.8 Å². The zero-order valence-corrected chi connectivity index (χ0v) is 24.4.